The lowest BCUT2D eigenvalue weighted by atomic mass is 10.0. The van der Waals surface area contributed by atoms with Gasteiger partial charge in [0.2, 0.25) is 0 Å². The van der Waals surface area contributed by atoms with E-state index in [2.05, 4.69) is 20.6 Å². The van der Waals surface area contributed by atoms with Gasteiger partial charge < -0.3 is 10.6 Å². The third-order valence-corrected chi connectivity index (χ3v) is 3.67. The molecule has 2 N–H and O–H groups in total. The number of amides is 2. The molecule has 0 aliphatic carbocycles. The van der Waals surface area contributed by atoms with E-state index in [4.69, 9.17) is 0 Å². The number of halogens is 1. The molecule has 2 aromatic heterocycles. The van der Waals surface area contributed by atoms with Gasteiger partial charge in [-0.15, -0.1) is 0 Å². The maximum absolute atomic E-state index is 13.6. The van der Waals surface area contributed by atoms with Crippen molar-refractivity contribution < 1.29 is 9.18 Å². The number of rotatable bonds is 5. The van der Waals surface area contributed by atoms with Crippen molar-refractivity contribution >= 4 is 11.7 Å². The molecule has 3 aromatic rings. The summed E-state index contributed by atoms with van der Waals surface area (Å²) < 4.78 is 13.6. The van der Waals surface area contributed by atoms with Gasteiger partial charge in [-0.05, 0) is 23.8 Å². The number of urea groups is 1. The molecule has 1 atom stereocenters. The molecule has 0 aliphatic rings. The number of pyridine rings is 2. The van der Waals surface area contributed by atoms with Crippen LogP contribution in [-0.4, -0.2) is 16.0 Å². The zero-order valence-corrected chi connectivity index (χ0v) is 13.4. The zero-order chi connectivity index (χ0) is 17.5. The van der Waals surface area contributed by atoms with Crippen molar-refractivity contribution in [1.29, 1.82) is 0 Å². The van der Waals surface area contributed by atoms with Crippen LogP contribution in [0.3, 0.4) is 0 Å². The van der Waals surface area contributed by atoms with E-state index >= 15 is 0 Å². The van der Waals surface area contributed by atoms with Crippen molar-refractivity contribution in [2.45, 2.75) is 12.5 Å². The van der Waals surface area contributed by atoms with Crippen molar-refractivity contribution in [3.8, 4) is 0 Å². The fraction of sp³-hybridized carbons (Fsp3) is 0.105. The van der Waals surface area contributed by atoms with E-state index in [0.717, 1.165) is 17.5 Å². The Morgan fingerprint density at radius 2 is 1.84 bits per heavy atom. The molecule has 0 unspecified atom stereocenters. The zero-order valence-electron chi connectivity index (χ0n) is 13.4. The molecule has 0 bridgehead atoms. The Kier molecular flexibility index (Phi) is 5.31. The van der Waals surface area contributed by atoms with Gasteiger partial charge in [0.15, 0.2) is 5.82 Å². The Balaban J connectivity index is 1.75. The molecule has 6 heteroatoms. The number of carbonyl (C=O) groups is 1. The summed E-state index contributed by atoms with van der Waals surface area (Å²) in [6.45, 7) is 0. The van der Waals surface area contributed by atoms with E-state index in [9.17, 15) is 9.18 Å². The lowest BCUT2D eigenvalue weighted by Gasteiger charge is -2.19. The van der Waals surface area contributed by atoms with E-state index in [1.807, 2.05) is 48.5 Å². The number of benzene rings is 1. The largest absolute Gasteiger partial charge is 0.331 e. The molecule has 0 saturated heterocycles. The van der Waals surface area contributed by atoms with Gasteiger partial charge in [0.25, 0.3) is 0 Å². The number of hydrogen-bond donors (Lipinski definition) is 2. The van der Waals surface area contributed by atoms with Crippen LogP contribution in [0.4, 0.5) is 14.9 Å². The fourth-order valence-corrected chi connectivity index (χ4v) is 2.46. The second kappa shape index (κ2) is 8.01. The van der Waals surface area contributed by atoms with Crippen LogP contribution in [0.1, 0.15) is 17.3 Å². The SMILES string of the molecule is O=C(Nc1ccncc1F)N[C@@H](Cc1ccccn1)c1ccccc1. The number of nitrogens with one attached hydrogen (secondary N) is 2. The minimum Gasteiger partial charge on any atom is -0.331 e. The van der Waals surface area contributed by atoms with Crippen molar-refractivity contribution in [3.63, 3.8) is 0 Å². The van der Waals surface area contributed by atoms with Crippen molar-refractivity contribution in [3.05, 3.63) is 90.3 Å². The lowest BCUT2D eigenvalue weighted by Crippen LogP contribution is -2.34. The molecular weight excluding hydrogens is 319 g/mol. The predicted molar refractivity (Wildman–Crippen MR) is 93.5 cm³/mol. The molecule has 126 valence electrons. The fourth-order valence-electron chi connectivity index (χ4n) is 2.46. The normalized spacial score (nSPS) is 11.6. The molecule has 0 fully saturated rings. The van der Waals surface area contributed by atoms with Gasteiger partial charge in [-0.2, -0.15) is 0 Å². The molecule has 0 aliphatic heterocycles. The third-order valence-electron chi connectivity index (χ3n) is 3.67. The number of aromatic nitrogens is 2. The molecule has 1 aromatic carbocycles. The number of nitrogens with zero attached hydrogens (tertiary/aromatic N) is 2. The molecule has 3 rings (SSSR count). The number of anilines is 1. The van der Waals surface area contributed by atoms with Crippen molar-refractivity contribution in [1.82, 2.24) is 15.3 Å². The van der Waals surface area contributed by atoms with Crippen molar-refractivity contribution in [2.24, 2.45) is 0 Å². The Labute approximate surface area is 145 Å². The summed E-state index contributed by atoms with van der Waals surface area (Å²) in [6.07, 6.45) is 4.71. The second-order valence-corrected chi connectivity index (χ2v) is 5.44. The summed E-state index contributed by atoms with van der Waals surface area (Å²) in [5, 5.41) is 5.39. The first kappa shape index (κ1) is 16.6. The predicted octanol–water partition coefficient (Wildman–Crippen LogP) is 3.72. The Morgan fingerprint density at radius 1 is 1.04 bits per heavy atom. The molecule has 2 heterocycles. The van der Waals surface area contributed by atoms with Gasteiger partial charge in [-0.25, -0.2) is 9.18 Å². The molecule has 0 saturated carbocycles. The van der Waals surface area contributed by atoms with E-state index in [-0.39, 0.29) is 11.7 Å². The maximum atomic E-state index is 13.6. The van der Waals surface area contributed by atoms with Crippen molar-refractivity contribution in [2.75, 3.05) is 5.32 Å². The topological polar surface area (TPSA) is 66.9 Å². The summed E-state index contributed by atoms with van der Waals surface area (Å²) in [4.78, 5) is 20.3. The minimum absolute atomic E-state index is 0.0807. The average molecular weight is 336 g/mol. The third kappa shape index (κ3) is 4.60. The monoisotopic (exact) mass is 336 g/mol. The first-order valence-electron chi connectivity index (χ1n) is 7.84. The van der Waals surface area contributed by atoms with Gasteiger partial charge in [0.1, 0.15) is 0 Å². The summed E-state index contributed by atoms with van der Waals surface area (Å²) in [5.41, 5.74) is 1.88. The molecule has 25 heavy (non-hydrogen) atoms. The van der Waals surface area contributed by atoms with E-state index in [1.54, 1.807) is 6.20 Å². The van der Waals surface area contributed by atoms with Gasteiger partial charge in [0, 0.05) is 24.5 Å². The van der Waals surface area contributed by atoms with Crippen LogP contribution >= 0.6 is 0 Å². The lowest BCUT2D eigenvalue weighted by molar-refractivity contribution is 0.248. The Bertz CT molecular complexity index is 827. The minimum atomic E-state index is -0.585. The van der Waals surface area contributed by atoms with Crippen LogP contribution in [0.2, 0.25) is 0 Å². The molecule has 2 amide bonds. The summed E-state index contributed by atoms with van der Waals surface area (Å²) in [5.74, 6) is -0.585. The van der Waals surface area contributed by atoms with Crippen LogP contribution in [0.15, 0.2) is 73.2 Å². The highest BCUT2D eigenvalue weighted by Crippen LogP contribution is 2.18. The smallest absolute Gasteiger partial charge is 0.319 e. The summed E-state index contributed by atoms with van der Waals surface area (Å²) in [6, 6.07) is 15.9. The van der Waals surface area contributed by atoms with Gasteiger partial charge >= 0.3 is 6.03 Å². The van der Waals surface area contributed by atoms with Gasteiger partial charge in [-0.3, -0.25) is 9.97 Å². The highest BCUT2D eigenvalue weighted by molar-refractivity contribution is 5.89. The standard InChI is InChI=1S/C19H17FN4O/c20-16-13-21-11-9-17(16)23-19(25)24-18(14-6-2-1-3-7-14)12-15-8-4-5-10-22-15/h1-11,13,18H,12H2,(H2,21,23,24,25)/t18-/m0/s1. The number of carbonyl (C=O) groups excluding carboxylic acids is 1. The highest BCUT2D eigenvalue weighted by Gasteiger charge is 2.16. The summed E-state index contributed by atoms with van der Waals surface area (Å²) >= 11 is 0. The second-order valence-electron chi connectivity index (χ2n) is 5.44. The van der Waals surface area contributed by atoms with Crippen LogP contribution in [0, 0.1) is 5.82 Å². The van der Waals surface area contributed by atoms with Crippen LogP contribution in [0.5, 0.6) is 0 Å². The number of hydrogen-bond acceptors (Lipinski definition) is 3. The van der Waals surface area contributed by atoms with Gasteiger partial charge in [-0.1, -0.05) is 36.4 Å². The summed E-state index contributed by atoms with van der Waals surface area (Å²) in [7, 11) is 0. The molecular formula is C19H17FN4O. The average Bonchev–Trinajstić information content (AvgIpc) is 2.65. The van der Waals surface area contributed by atoms with E-state index in [0.29, 0.717) is 6.42 Å². The molecule has 0 spiro atoms. The Morgan fingerprint density at radius 3 is 2.56 bits per heavy atom. The molecule has 0 radical (unpaired) electrons. The Hall–Kier alpha value is -3.28. The first-order valence-corrected chi connectivity index (χ1v) is 7.84. The molecule has 5 nitrogen and oxygen atoms in total. The van der Waals surface area contributed by atoms with Crippen LogP contribution in [0.25, 0.3) is 0 Å². The van der Waals surface area contributed by atoms with Crippen LogP contribution in [-0.2, 0) is 6.42 Å². The quantitative estimate of drug-likeness (QED) is 0.746. The van der Waals surface area contributed by atoms with Gasteiger partial charge in [0.05, 0.1) is 17.9 Å². The first-order chi connectivity index (χ1) is 12.2. The highest BCUT2D eigenvalue weighted by atomic mass is 19.1. The van der Waals surface area contributed by atoms with E-state index in [1.165, 1.54) is 12.3 Å². The van der Waals surface area contributed by atoms with Crippen LogP contribution < -0.4 is 10.6 Å². The van der Waals surface area contributed by atoms with E-state index < -0.39 is 11.8 Å². The maximum Gasteiger partial charge on any atom is 0.319 e.